The summed E-state index contributed by atoms with van der Waals surface area (Å²) >= 11 is 0. The average molecular weight is 328 g/mol. The van der Waals surface area contributed by atoms with Crippen molar-refractivity contribution in [2.75, 3.05) is 20.3 Å². The summed E-state index contributed by atoms with van der Waals surface area (Å²) in [5, 5.41) is 0. The van der Waals surface area contributed by atoms with Gasteiger partial charge in [0.05, 0.1) is 26.6 Å². The maximum Gasteiger partial charge on any atom is 0.374 e. The van der Waals surface area contributed by atoms with Gasteiger partial charge in [0.1, 0.15) is 0 Å². The molecular weight excluding hydrogens is 312 g/mol. The standard InChI is InChI=1S/C18H16O6/c1-21-18(20)17-12(7-10-24-17)3-5-14(19)13-4-6-15-16(11-13)23-9-2-8-22-15/h3-7,10-11H,2,8-9H2,1H3. The maximum absolute atomic E-state index is 12.3. The zero-order chi connectivity index (χ0) is 16.9. The average Bonchev–Trinajstić information content (AvgIpc) is 2.95. The van der Waals surface area contributed by atoms with Gasteiger partial charge in [0.15, 0.2) is 17.3 Å². The van der Waals surface area contributed by atoms with Crippen molar-refractivity contribution in [2.24, 2.45) is 0 Å². The number of carbonyl (C=O) groups is 2. The van der Waals surface area contributed by atoms with Crippen LogP contribution >= 0.6 is 0 Å². The third kappa shape index (κ3) is 3.32. The Hall–Kier alpha value is -3.02. The molecule has 0 radical (unpaired) electrons. The van der Waals surface area contributed by atoms with Crippen molar-refractivity contribution in [3.8, 4) is 11.5 Å². The summed E-state index contributed by atoms with van der Waals surface area (Å²) in [4.78, 5) is 23.9. The van der Waals surface area contributed by atoms with Crippen LogP contribution in [0.15, 0.2) is 41.0 Å². The van der Waals surface area contributed by atoms with Gasteiger partial charge in [-0.15, -0.1) is 0 Å². The van der Waals surface area contributed by atoms with Gasteiger partial charge in [0, 0.05) is 17.5 Å². The first-order valence-corrected chi connectivity index (χ1v) is 7.47. The molecular formula is C18H16O6. The van der Waals surface area contributed by atoms with Gasteiger partial charge in [0.2, 0.25) is 5.76 Å². The normalized spacial score (nSPS) is 13.5. The number of allylic oxidation sites excluding steroid dienone is 1. The molecule has 0 bridgehead atoms. The molecule has 1 aliphatic heterocycles. The smallest absolute Gasteiger partial charge is 0.374 e. The summed E-state index contributed by atoms with van der Waals surface area (Å²) in [5.74, 6) is 0.437. The molecule has 0 saturated heterocycles. The van der Waals surface area contributed by atoms with E-state index >= 15 is 0 Å². The van der Waals surface area contributed by atoms with Crippen molar-refractivity contribution in [3.05, 3.63) is 53.5 Å². The van der Waals surface area contributed by atoms with Gasteiger partial charge in [0.25, 0.3) is 0 Å². The lowest BCUT2D eigenvalue weighted by Gasteiger charge is -2.07. The van der Waals surface area contributed by atoms with Gasteiger partial charge >= 0.3 is 5.97 Å². The molecule has 0 unspecified atom stereocenters. The van der Waals surface area contributed by atoms with Crippen molar-refractivity contribution in [1.29, 1.82) is 0 Å². The van der Waals surface area contributed by atoms with Crippen LogP contribution in [0.2, 0.25) is 0 Å². The molecule has 0 fully saturated rings. The lowest BCUT2D eigenvalue weighted by molar-refractivity contribution is 0.0564. The SMILES string of the molecule is COC(=O)c1occc1C=CC(=O)c1ccc2c(c1)OCCCO2. The highest BCUT2D eigenvalue weighted by molar-refractivity contribution is 6.07. The van der Waals surface area contributed by atoms with Crippen LogP contribution in [0.1, 0.15) is 32.9 Å². The van der Waals surface area contributed by atoms with E-state index in [0.29, 0.717) is 35.8 Å². The van der Waals surface area contributed by atoms with Crippen LogP contribution in [-0.2, 0) is 4.74 Å². The van der Waals surface area contributed by atoms with E-state index in [-0.39, 0.29) is 11.5 Å². The largest absolute Gasteiger partial charge is 0.490 e. The summed E-state index contributed by atoms with van der Waals surface area (Å²) in [7, 11) is 1.27. The summed E-state index contributed by atoms with van der Waals surface area (Å²) < 4.78 is 20.8. The fraction of sp³-hybridized carbons (Fsp3) is 0.222. The second-order valence-corrected chi connectivity index (χ2v) is 5.11. The molecule has 0 atom stereocenters. The number of benzene rings is 1. The molecule has 6 nitrogen and oxygen atoms in total. The number of hydrogen-bond acceptors (Lipinski definition) is 6. The van der Waals surface area contributed by atoms with Crippen molar-refractivity contribution in [3.63, 3.8) is 0 Å². The van der Waals surface area contributed by atoms with Crippen LogP contribution in [0.4, 0.5) is 0 Å². The Morgan fingerprint density at radius 3 is 2.71 bits per heavy atom. The zero-order valence-electron chi connectivity index (χ0n) is 13.1. The molecule has 0 amide bonds. The fourth-order valence-electron chi connectivity index (χ4n) is 2.29. The number of hydrogen-bond donors (Lipinski definition) is 0. The van der Waals surface area contributed by atoms with E-state index in [1.165, 1.54) is 25.5 Å². The number of carbonyl (C=O) groups excluding carboxylic acids is 2. The fourth-order valence-corrected chi connectivity index (χ4v) is 2.29. The quantitative estimate of drug-likeness (QED) is 0.488. The highest BCUT2D eigenvalue weighted by Gasteiger charge is 2.15. The van der Waals surface area contributed by atoms with E-state index in [1.54, 1.807) is 24.3 Å². The molecule has 0 spiro atoms. The predicted molar refractivity (Wildman–Crippen MR) is 85.5 cm³/mol. The van der Waals surface area contributed by atoms with Crippen molar-refractivity contribution >= 4 is 17.8 Å². The van der Waals surface area contributed by atoms with Crippen LogP contribution in [0.5, 0.6) is 11.5 Å². The summed E-state index contributed by atoms with van der Waals surface area (Å²) in [6, 6.07) is 6.64. The molecule has 124 valence electrons. The molecule has 24 heavy (non-hydrogen) atoms. The maximum atomic E-state index is 12.3. The Balaban J connectivity index is 1.79. The number of ketones is 1. The number of rotatable bonds is 4. The first-order chi connectivity index (χ1) is 11.7. The predicted octanol–water partition coefficient (Wildman–Crippen LogP) is 3.12. The van der Waals surface area contributed by atoms with Crippen molar-refractivity contribution in [1.82, 2.24) is 0 Å². The van der Waals surface area contributed by atoms with Crippen molar-refractivity contribution < 1.29 is 28.2 Å². The molecule has 1 aromatic carbocycles. The van der Waals surface area contributed by atoms with Crippen LogP contribution in [0, 0.1) is 0 Å². The third-order valence-electron chi connectivity index (χ3n) is 3.51. The summed E-state index contributed by atoms with van der Waals surface area (Å²) in [6.07, 6.45) is 5.05. The molecule has 0 aliphatic carbocycles. The second-order valence-electron chi connectivity index (χ2n) is 5.11. The number of esters is 1. The van der Waals surface area contributed by atoms with Crippen molar-refractivity contribution in [2.45, 2.75) is 6.42 Å². The molecule has 0 saturated carbocycles. The number of fused-ring (bicyclic) bond motifs is 1. The summed E-state index contributed by atoms with van der Waals surface area (Å²) in [6.45, 7) is 1.15. The highest BCUT2D eigenvalue weighted by atomic mass is 16.5. The minimum atomic E-state index is -0.595. The van der Waals surface area contributed by atoms with E-state index in [0.717, 1.165) is 6.42 Å². The topological polar surface area (TPSA) is 75.0 Å². The van der Waals surface area contributed by atoms with Crippen LogP contribution in [-0.4, -0.2) is 32.1 Å². The molecule has 1 aromatic heterocycles. The Bertz CT molecular complexity index is 787. The molecule has 2 aromatic rings. The third-order valence-corrected chi connectivity index (χ3v) is 3.51. The molecule has 2 heterocycles. The van der Waals surface area contributed by atoms with E-state index in [2.05, 4.69) is 4.74 Å². The van der Waals surface area contributed by atoms with Gasteiger partial charge in [-0.05, 0) is 36.4 Å². The second kappa shape index (κ2) is 7.04. The minimum absolute atomic E-state index is 0.0558. The monoisotopic (exact) mass is 328 g/mol. The lowest BCUT2D eigenvalue weighted by Crippen LogP contribution is -2.01. The van der Waals surface area contributed by atoms with Gasteiger partial charge in [-0.3, -0.25) is 4.79 Å². The molecule has 6 heteroatoms. The molecule has 0 N–H and O–H groups in total. The Kier molecular flexibility index (Phi) is 4.65. The van der Waals surface area contributed by atoms with E-state index in [4.69, 9.17) is 13.9 Å². The minimum Gasteiger partial charge on any atom is -0.490 e. The molecule has 1 aliphatic rings. The van der Waals surface area contributed by atoms with Gasteiger partial charge in [-0.2, -0.15) is 0 Å². The Morgan fingerprint density at radius 1 is 1.12 bits per heavy atom. The van der Waals surface area contributed by atoms with Crippen LogP contribution < -0.4 is 9.47 Å². The Labute approximate surface area is 138 Å². The number of furan rings is 1. The highest BCUT2D eigenvalue weighted by Crippen LogP contribution is 2.30. The van der Waals surface area contributed by atoms with E-state index in [9.17, 15) is 9.59 Å². The van der Waals surface area contributed by atoms with Gasteiger partial charge in [-0.1, -0.05) is 0 Å². The summed E-state index contributed by atoms with van der Waals surface area (Å²) in [5.41, 5.74) is 0.947. The number of methoxy groups -OCH3 is 1. The van der Waals surface area contributed by atoms with Crippen LogP contribution in [0.3, 0.4) is 0 Å². The lowest BCUT2D eigenvalue weighted by atomic mass is 10.1. The van der Waals surface area contributed by atoms with Gasteiger partial charge in [-0.25, -0.2) is 4.79 Å². The van der Waals surface area contributed by atoms with Gasteiger partial charge < -0.3 is 18.6 Å². The molecule has 3 rings (SSSR count). The van der Waals surface area contributed by atoms with Crippen LogP contribution in [0.25, 0.3) is 6.08 Å². The number of ether oxygens (including phenoxy) is 3. The first-order valence-electron chi connectivity index (χ1n) is 7.47. The van der Waals surface area contributed by atoms with E-state index in [1.807, 2.05) is 0 Å². The zero-order valence-corrected chi connectivity index (χ0v) is 13.1. The Morgan fingerprint density at radius 2 is 1.92 bits per heavy atom. The first kappa shape index (κ1) is 15.9. The van der Waals surface area contributed by atoms with E-state index < -0.39 is 5.97 Å².